The van der Waals surface area contributed by atoms with Crippen LogP contribution >= 0.6 is 0 Å². The summed E-state index contributed by atoms with van der Waals surface area (Å²) >= 11 is 0. The summed E-state index contributed by atoms with van der Waals surface area (Å²) < 4.78 is 5.71. The second kappa shape index (κ2) is 7.25. The first-order chi connectivity index (χ1) is 7.65. The highest BCUT2D eigenvalue weighted by Gasteiger charge is 2.36. The Bertz CT molecular complexity index is 182. The molecular formula is C13H27NO2. The Morgan fingerprint density at radius 2 is 2.00 bits per heavy atom. The Labute approximate surface area is 99.6 Å². The van der Waals surface area contributed by atoms with Crippen LogP contribution in [0.5, 0.6) is 0 Å². The molecule has 3 heteroatoms. The van der Waals surface area contributed by atoms with Crippen LogP contribution < -0.4 is 5.32 Å². The third-order valence-corrected chi connectivity index (χ3v) is 2.98. The minimum absolute atomic E-state index is 0.188. The lowest BCUT2D eigenvalue weighted by molar-refractivity contribution is 0.0170. The van der Waals surface area contributed by atoms with Crippen molar-refractivity contribution in [1.29, 1.82) is 0 Å². The quantitative estimate of drug-likeness (QED) is 0.720. The molecule has 3 unspecified atom stereocenters. The number of fused-ring (bicyclic) bond motifs is 1. The third-order valence-electron chi connectivity index (χ3n) is 2.98. The Kier molecular flexibility index (Phi) is 6.32. The van der Waals surface area contributed by atoms with Gasteiger partial charge in [0.15, 0.2) is 0 Å². The number of nitrogens with one attached hydrogen (secondary N) is 1. The van der Waals surface area contributed by atoms with E-state index in [2.05, 4.69) is 26.1 Å². The molecule has 2 N–H and O–H groups in total. The van der Waals surface area contributed by atoms with Crippen LogP contribution in [0.3, 0.4) is 0 Å². The van der Waals surface area contributed by atoms with Crippen LogP contribution in [0.15, 0.2) is 0 Å². The van der Waals surface area contributed by atoms with Gasteiger partial charge >= 0.3 is 0 Å². The molecule has 2 heterocycles. The second-order valence-electron chi connectivity index (χ2n) is 5.52. The summed E-state index contributed by atoms with van der Waals surface area (Å²) in [6, 6.07) is 0.188. The third kappa shape index (κ3) is 4.40. The van der Waals surface area contributed by atoms with Crippen LogP contribution in [0.4, 0.5) is 0 Å². The largest absolute Gasteiger partial charge is 0.395 e. The minimum Gasteiger partial charge on any atom is -0.395 e. The molecule has 0 aromatic heterocycles. The fourth-order valence-electron chi connectivity index (χ4n) is 2.28. The lowest BCUT2D eigenvalue weighted by Gasteiger charge is -2.20. The molecule has 0 saturated carbocycles. The first-order valence-electron chi connectivity index (χ1n) is 6.61. The molecule has 2 fully saturated rings. The van der Waals surface area contributed by atoms with Gasteiger partial charge in [-0.05, 0) is 24.7 Å². The zero-order chi connectivity index (χ0) is 12.0. The van der Waals surface area contributed by atoms with Crippen molar-refractivity contribution in [1.82, 2.24) is 5.32 Å². The monoisotopic (exact) mass is 229 g/mol. The number of aliphatic hydroxyl groups is 1. The van der Waals surface area contributed by atoms with Gasteiger partial charge in [0.2, 0.25) is 0 Å². The van der Waals surface area contributed by atoms with Gasteiger partial charge in [-0.25, -0.2) is 0 Å². The lowest BCUT2D eigenvalue weighted by atomic mass is 9.97. The highest BCUT2D eigenvalue weighted by molar-refractivity contribution is 4.92. The fourth-order valence-corrected chi connectivity index (χ4v) is 2.28. The maximum absolute atomic E-state index is 9.05. The number of ether oxygens (including phenoxy) is 1. The van der Waals surface area contributed by atoms with Gasteiger partial charge in [0.1, 0.15) is 0 Å². The summed E-state index contributed by atoms with van der Waals surface area (Å²) in [5.74, 6) is 1.48. The van der Waals surface area contributed by atoms with Crippen LogP contribution in [0, 0.1) is 11.8 Å². The van der Waals surface area contributed by atoms with Crippen LogP contribution in [-0.4, -0.2) is 37.0 Å². The van der Waals surface area contributed by atoms with Crippen molar-refractivity contribution in [2.24, 2.45) is 11.8 Å². The molecule has 0 aromatic carbocycles. The van der Waals surface area contributed by atoms with E-state index >= 15 is 0 Å². The van der Waals surface area contributed by atoms with Crippen molar-refractivity contribution in [2.75, 3.05) is 19.8 Å². The minimum atomic E-state index is 0.188. The van der Waals surface area contributed by atoms with E-state index in [4.69, 9.17) is 9.84 Å². The van der Waals surface area contributed by atoms with Gasteiger partial charge in [-0.1, -0.05) is 27.2 Å². The van der Waals surface area contributed by atoms with Crippen molar-refractivity contribution in [3.63, 3.8) is 0 Å². The Morgan fingerprint density at radius 1 is 1.31 bits per heavy atom. The van der Waals surface area contributed by atoms with E-state index in [9.17, 15) is 0 Å². The summed E-state index contributed by atoms with van der Waals surface area (Å²) in [7, 11) is 0. The summed E-state index contributed by atoms with van der Waals surface area (Å²) in [6.07, 6.45) is 4.00. The SMILES string of the molecule is CC(C)C.OCC1NCC2CCCCOC21. The molecule has 2 aliphatic heterocycles. The van der Waals surface area contributed by atoms with E-state index in [-0.39, 0.29) is 18.8 Å². The summed E-state index contributed by atoms with van der Waals surface area (Å²) in [5.41, 5.74) is 0. The summed E-state index contributed by atoms with van der Waals surface area (Å²) in [4.78, 5) is 0. The first kappa shape index (κ1) is 13.9. The molecule has 0 bridgehead atoms. The van der Waals surface area contributed by atoms with Gasteiger partial charge in [-0.2, -0.15) is 0 Å². The van der Waals surface area contributed by atoms with Crippen molar-refractivity contribution in [3.05, 3.63) is 0 Å². The number of aliphatic hydroxyl groups excluding tert-OH is 1. The van der Waals surface area contributed by atoms with Gasteiger partial charge in [-0.15, -0.1) is 0 Å². The zero-order valence-corrected chi connectivity index (χ0v) is 10.9. The predicted molar refractivity (Wildman–Crippen MR) is 66.5 cm³/mol. The standard InChI is InChI=1S/C9H17NO2.C4H10/c11-6-8-9-7(5-10-8)3-1-2-4-12-9;1-4(2)3/h7-11H,1-6H2;4H,1-3H3. The highest BCUT2D eigenvalue weighted by Crippen LogP contribution is 2.26. The lowest BCUT2D eigenvalue weighted by Crippen LogP contribution is -2.36. The summed E-state index contributed by atoms with van der Waals surface area (Å²) in [6.45, 7) is 8.61. The van der Waals surface area contributed by atoms with Crippen LogP contribution in [-0.2, 0) is 4.74 Å². The van der Waals surface area contributed by atoms with E-state index < -0.39 is 0 Å². The van der Waals surface area contributed by atoms with Crippen LogP contribution in [0.2, 0.25) is 0 Å². The van der Waals surface area contributed by atoms with Gasteiger partial charge in [0.25, 0.3) is 0 Å². The van der Waals surface area contributed by atoms with E-state index in [0.29, 0.717) is 5.92 Å². The Hall–Kier alpha value is -0.120. The number of hydrogen-bond acceptors (Lipinski definition) is 3. The molecule has 2 saturated heterocycles. The van der Waals surface area contributed by atoms with Gasteiger partial charge in [0, 0.05) is 13.2 Å². The molecule has 96 valence electrons. The van der Waals surface area contributed by atoms with Crippen molar-refractivity contribution in [2.45, 2.75) is 52.2 Å². The normalized spacial score (nSPS) is 33.9. The average molecular weight is 229 g/mol. The maximum atomic E-state index is 9.05. The first-order valence-corrected chi connectivity index (χ1v) is 6.61. The molecule has 0 aromatic rings. The Morgan fingerprint density at radius 3 is 2.62 bits per heavy atom. The van der Waals surface area contributed by atoms with Gasteiger partial charge < -0.3 is 15.2 Å². The number of rotatable bonds is 1. The summed E-state index contributed by atoms with van der Waals surface area (Å²) in [5, 5.41) is 12.4. The molecule has 0 radical (unpaired) electrons. The predicted octanol–water partition coefficient (Wildman–Crippen LogP) is 1.80. The molecule has 2 aliphatic rings. The van der Waals surface area contributed by atoms with Crippen molar-refractivity contribution in [3.8, 4) is 0 Å². The van der Waals surface area contributed by atoms with Gasteiger partial charge in [0.05, 0.1) is 18.8 Å². The van der Waals surface area contributed by atoms with Crippen molar-refractivity contribution >= 4 is 0 Å². The Balaban J connectivity index is 0.000000280. The second-order valence-corrected chi connectivity index (χ2v) is 5.52. The fraction of sp³-hybridized carbons (Fsp3) is 1.00. The average Bonchev–Trinajstić information content (AvgIpc) is 2.45. The van der Waals surface area contributed by atoms with E-state index in [1.807, 2.05) is 0 Å². The molecule has 2 rings (SSSR count). The zero-order valence-electron chi connectivity index (χ0n) is 10.9. The molecule has 0 spiro atoms. The molecule has 3 nitrogen and oxygen atoms in total. The van der Waals surface area contributed by atoms with E-state index in [0.717, 1.165) is 19.1 Å². The molecule has 0 amide bonds. The van der Waals surface area contributed by atoms with E-state index in [1.165, 1.54) is 19.3 Å². The van der Waals surface area contributed by atoms with Gasteiger partial charge in [-0.3, -0.25) is 0 Å². The van der Waals surface area contributed by atoms with Crippen LogP contribution in [0.1, 0.15) is 40.0 Å². The molecule has 0 aliphatic carbocycles. The van der Waals surface area contributed by atoms with E-state index in [1.54, 1.807) is 0 Å². The van der Waals surface area contributed by atoms with Crippen molar-refractivity contribution < 1.29 is 9.84 Å². The topological polar surface area (TPSA) is 41.5 Å². The molecular weight excluding hydrogens is 202 g/mol. The van der Waals surface area contributed by atoms with Crippen LogP contribution in [0.25, 0.3) is 0 Å². The molecule has 3 atom stereocenters. The highest BCUT2D eigenvalue weighted by atomic mass is 16.5. The maximum Gasteiger partial charge on any atom is 0.0790 e. The number of hydrogen-bond donors (Lipinski definition) is 2. The molecule has 16 heavy (non-hydrogen) atoms. The smallest absolute Gasteiger partial charge is 0.0790 e.